The second-order valence-electron chi connectivity index (χ2n) is 6.24. The molecule has 0 bridgehead atoms. The van der Waals surface area contributed by atoms with Crippen LogP contribution in [0.1, 0.15) is 18.5 Å². The van der Waals surface area contributed by atoms with Crippen LogP contribution in [0.25, 0.3) is 10.2 Å². The maximum Gasteiger partial charge on any atom is 0.307 e. The van der Waals surface area contributed by atoms with Gasteiger partial charge in [-0.15, -0.1) is 0 Å². The van der Waals surface area contributed by atoms with E-state index < -0.39 is 25.9 Å². The van der Waals surface area contributed by atoms with Crippen LogP contribution in [0.4, 0.5) is 0 Å². The molecule has 0 saturated carbocycles. The van der Waals surface area contributed by atoms with E-state index in [-0.39, 0.29) is 14.7 Å². The van der Waals surface area contributed by atoms with Gasteiger partial charge in [0.1, 0.15) is 0 Å². The maximum absolute atomic E-state index is 12.7. The molecule has 0 fully saturated rings. The molecule has 1 aromatic heterocycles. The summed E-state index contributed by atoms with van der Waals surface area (Å²) < 4.78 is 53.1. The van der Waals surface area contributed by atoms with E-state index in [1.54, 1.807) is 32.2 Å². The highest BCUT2D eigenvalue weighted by Gasteiger charge is 2.20. The van der Waals surface area contributed by atoms with Gasteiger partial charge in [-0.1, -0.05) is 23.5 Å². The third-order valence-corrected chi connectivity index (χ3v) is 7.88. The summed E-state index contributed by atoms with van der Waals surface area (Å²) in [6.45, 7) is 1.67. The Morgan fingerprint density at radius 3 is 2.19 bits per heavy atom. The number of hydrogen-bond donors (Lipinski definition) is 1. The molecule has 3 rings (SSSR count). The van der Waals surface area contributed by atoms with Crippen LogP contribution in [-0.4, -0.2) is 27.7 Å². The number of aryl methyl sites for hydroxylation is 1. The monoisotopic (exact) mass is 426 g/mol. The Kier molecular flexibility index (Phi) is 5.02. The zero-order valence-electron chi connectivity index (χ0n) is 14.8. The lowest BCUT2D eigenvalue weighted by Crippen LogP contribution is -2.26. The summed E-state index contributed by atoms with van der Waals surface area (Å²) in [5, 5.41) is 0. The number of benzene rings is 2. The van der Waals surface area contributed by atoms with Crippen molar-refractivity contribution in [2.75, 3.05) is 6.26 Å². The molecule has 1 heterocycles. The van der Waals surface area contributed by atoms with Crippen LogP contribution in [0.15, 0.2) is 57.1 Å². The summed E-state index contributed by atoms with van der Waals surface area (Å²) in [5.41, 5.74) is 1.31. The number of sulfone groups is 1. The number of nitrogens with zero attached hydrogens (tertiary/aromatic N) is 1. The van der Waals surface area contributed by atoms with Crippen LogP contribution >= 0.6 is 11.3 Å². The molecule has 2 aromatic carbocycles. The van der Waals surface area contributed by atoms with E-state index in [4.69, 9.17) is 0 Å². The quantitative estimate of drug-likeness (QED) is 0.673. The Morgan fingerprint density at radius 1 is 1.00 bits per heavy atom. The predicted octanol–water partition coefficient (Wildman–Crippen LogP) is 2.04. The Labute approximate surface area is 161 Å². The zero-order valence-corrected chi connectivity index (χ0v) is 17.3. The molecular formula is C17H18N2O5S3. The third-order valence-electron chi connectivity index (χ3n) is 4.21. The normalized spacial score (nSPS) is 13.7. The molecule has 0 aliphatic carbocycles. The van der Waals surface area contributed by atoms with Gasteiger partial charge in [0, 0.05) is 19.3 Å². The number of sulfonamides is 1. The van der Waals surface area contributed by atoms with E-state index in [2.05, 4.69) is 4.72 Å². The fraction of sp³-hybridized carbons (Fsp3) is 0.235. The second-order valence-corrected chi connectivity index (χ2v) is 11.0. The van der Waals surface area contributed by atoms with Crippen molar-refractivity contribution in [3.05, 3.63) is 57.7 Å². The van der Waals surface area contributed by atoms with Crippen LogP contribution in [0.2, 0.25) is 0 Å². The van der Waals surface area contributed by atoms with Gasteiger partial charge >= 0.3 is 4.87 Å². The summed E-state index contributed by atoms with van der Waals surface area (Å²) in [7, 11) is -5.49. The minimum atomic E-state index is -3.81. The minimum absolute atomic E-state index is 0.0662. The molecule has 0 aliphatic rings. The van der Waals surface area contributed by atoms with Crippen molar-refractivity contribution in [3.63, 3.8) is 0 Å². The molecule has 10 heteroatoms. The van der Waals surface area contributed by atoms with E-state index in [0.717, 1.165) is 17.6 Å². The van der Waals surface area contributed by atoms with Crippen molar-refractivity contribution in [2.24, 2.45) is 7.05 Å². The average molecular weight is 427 g/mol. The average Bonchev–Trinajstić information content (AvgIpc) is 2.88. The van der Waals surface area contributed by atoms with E-state index in [1.165, 1.54) is 28.8 Å². The minimum Gasteiger partial charge on any atom is -0.302 e. The van der Waals surface area contributed by atoms with Gasteiger partial charge < -0.3 is 4.57 Å². The van der Waals surface area contributed by atoms with Crippen molar-refractivity contribution < 1.29 is 16.8 Å². The topological polar surface area (TPSA) is 102 Å². The number of rotatable bonds is 5. The van der Waals surface area contributed by atoms with Gasteiger partial charge in [0.15, 0.2) is 9.84 Å². The number of hydrogen-bond acceptors (Lipinski definition) is 6. The van der Waals surface area contributed by atoms with E-state index in [9.17, 15) is 21.6 Å². The fourth-order valence-corrected chi connectivity index (χ4v) is 5.54. The highest BCUT2D eigenvalue weighted by Crippen LogP contribution is 2.23. The smallest absolute Gasteiger partial charge is 0.302 e. The molecule has 1 atom stereocenters. The van der Waals surface area contributed by atoms with Crippen LogP contribution in [0, 0.1) is 0 Å². The molecule has 0 unspecified atom stereocenters. The molecule has 0 aliphatic heterocycles. The van der Waals surface area contributed by atoms with Gasteiger partial charge in [0.25, 0.3) is 0 Å². The molecular weight excluding hydrogens is 408 g/mol. The molecule has 144 valence electrons. The highest BCUT2D eigenvalue weighted by molar-refractivity contribution is 7.90. The van der Waals surface area contributed by atoms with Gasteiger partial charge in [-0.3, -0.25) is 4.79 Å². The number of fused-ring (bicyclic) bond motifs is 1. The van der Waals surface area contributed by atoms with Crippen molar-refractivity contribution in [3.8, 4) is 0 Å². The molecule has 7 nitrogen and oxygen atoms in total. The van der Waals surface area contributed by atoms with Gasteiger partial charge in [-0.2, -0.15) is 0 Å². The summed E-state index contributed by atoms with van der Waals surface area (Å²) in [6.07, 6.45) is 1.11. The van der Waals surface area contributed by atoms with Crippen molar-refractivity contribution >= 4 is 41.4 Å². The molecule has 0 amide bonds. The van der Waals surface area contributed by atoms with Crippen molar-refractivity contribution in [1.82, 2.24) is 9.29 Å². The van der Waals surface area contributed by atoms with Crippen LogP contribution in [0.5, 0.6) is 0 Å². The number of nitrogens with one attached hydrogen (secondary N) is 1. The first-order chi connectivity index (χ1) is 12.5. The Balaban J connectivity index is 1.88. The van der Waals surface area contributed by atoms with Crippen molar-refractivity contribution in [2.45, 2.75) is 22.8 Å². The Hall–Kier alpha value is -2.01. The summed E-state index contributed by atoms with van der Waals surface area (Å²) >= 11 is 0.986. The standard InChI is InChI=1S/C17H18N2O5S3/c1-11(12-4-6-13(7-5-12)26(3,21)22)18-27(23,24)14-8-9-15-16(10-14)25-17(20)19(15)2/h4-11,18H,1-3H3/t11-/m1/s1. The molecule has 0 saturated heterocycles. The summed E-state index contributed by atoms with van der Waals surface area (Å²) in [4.78, 5) is 11.8. The molecule has 0 spiro atoms. The highest BCUT2D eigenvalue weighted by atomic mass is 32.2. The molecule has 0 radical (unpaired) electrons. The van der Waals surface area contributed by atoms with Crippen LogP contribution in [-0.2, 0) is 26.9 Å². The number of aromatic nitrogens is 1. The lowest BCUT2D eigenvalue weighted by molar-refractivity contribution is 0.566. The first kappa shape index (κ1) is 19.7. The van der Waals surface area contributed by atoms with E-state index in [0.29, 0.717) is 15.8 Å². The van der Waals surface area contributed by atoms with Gasteiger partial charge in [0.2, 0.25) is 10.0 Å². The molecule has 27 heavy (non-hydrogen) atoms. The largest absolute Gasteiger partial charge is 0.307 e. The maximum atomic E-state index is 12.7. The lowest BCUT2D eigenvalue weighted by Gasteiger charge is -2.15. The van der Waals surface area contributed by atoms with Crippen LogP contribution in [0.3, 0.4) is 0 Å². The van der Waals surface area contributed by atoms with Gasteiger partial charge in [-0.25, -0.2) is 21.6 Å². The third kappa shape index (κ3) is 3.98. The van der Waals surface area contributed by atoms with Crippen LogP contribution < -0.4 is 9.60 Å². The van der Waals surface area contributed by atoms with Gasteiger partial charge in [0.05, 0.1) is 20.0 Å². The summed E-state index contributed by atoms with van der Waals surface area (Å²) in [6, 6.07) is 10.0. The Morgan fingerprint density at radius 2 is 1.59 bits per heavy atom. The lowest BCUT2D eigenvalue weighted by atomic mass is 10.1. The van der Waals surface area contributed by atoms with Gasteiger partial charge in [-0.05, 0) is 42.8 Å². The molecule has 3 aromatic rings. The number of thiazole rings is 1. The van der Waals surface area contributed by atoms with E-state index in [1.807, 2.05) is 0 Å². The SMILES string of the molecule is C[C@@H](NS(=O)(=O)c1ccc2c(c1)sc(=O)n2C)c1ccc(S(C)(=O)=O)cc1. The molecule has 1 N–H and O–H groups in total. The fourth-order valence-electron chi connectivity index (χ4n) is 2.65. The first-order valence-corrected chi connectivity index (χ1v) is 12.1. The Bertz CT molecular complexity index is 1270. The van der Waals surface area contributed by atoms with E-state index >= 15 is 0 Å². The predicted molar refractivity (Wildman–Crippen MR) is 105 cm³/mol. The second kappa shape index (κ2) is 6.86. The summed E-state index contributed by atoms with van der Waals surface area (Å²) in [5.74, 6) is 0. The van der Waals surface area contributed by atoms with Crippen molar-refractivity contribution in [1.29, 1.82) is 0 Å². The first-order valence-electron chi connectivity index (χ1n) is 7.91. The zero-order chi connectivity index (χ0) is 20.0.